The van der Waals surface area contributed by atoms with Crippen molar-refractivity contribution < 1.29 is 4.74 Å². The molecular formula is C41H29N5O. The van der Waals surface area contributed by atoms with Gasteiger partial charge < -0.3 is 4.74 Å². The van der Waals surface area contributed by atoms with Crippen LogP contribution < -0.4 is 4.74 Å². The minimum Gasteiger partial charge on any atom is -0.457 e. The summed E-state index contributed by atoms with van der Waals surface area (Å²) in [5.74, 6) is 1.54. The van der Waals surface area contributed by atoms with E-state index < -0.39 is 0 Å². The van der Waals surface area contributed by atoms with Gasteiger partial charge in [0.2, 0.25) is 0 Å². The average molecular weight is 608 g/mol. The van der Waals surface area contributed by atoms with Gasteiger partial charge in [-0.2, -0.15) is 0 Å². The van der Waals surface area contributed by atoms with Gasteiger partial charge >= 0.3 is 0 Å². The molecule has 1 aliphatic heterocycles. The van der Waals surface area contributed by atoms with E-state index in [-0.39, 0.29) is 0 Å². The van der Waals surface area contributed by atoms with Crippen molar-refractivity contribution in [3.05, 3.63) is 137 Å². The number of aromatic nitrogens is 5. The molecule has 1 aliphatic rings. The van der Waals surface area contributed by atoms with Gasteiger partial charge in [0.05, 0.1) is 16.9 Å². The second kappa shape index (κ2) is 9.50. The maximum absolute atomic E-state index is 6.64. The van der Waals surface area contributed by atoms with Gasteiger partial charge in [-0.15, -0.1) is 0 Å². The molecule has 6 heteroatoms. The largest absolute Gasteiger partial charge is 0.457 e. The highest BCUT2D eigenvalue weighted by Crippen LogP contribution is 2.41. The Morgan fingerprint density at radius 3 is 2.17 bits per heavy atom. The Morgan fingerprint density at radius 1 is 0.617 bits per heavy atom. The normalized spacial score (nSPS) is 12.5. The fraction of sp³-hybridized carbons (Fsp3) is 0.0976. The van der Waals surface area contributed by atoms with Crippen LogP contribution in [0.15, 0.2) is 110 Å². The predicted molar refractivity (Wildman–Crippen MR) is 189 cm³/mol. The van der Waals surface area contributed by atoms with Crippen LogP contribution in [0.1, 0.15) is 27.8 Å². The molecule has 0 saturated heterocycles. The zero-order valence-electron chi connectivity index (χ0n) is 26.2. The molecule has 0 unspecified atom stereocenters. The summed E-state index contributed by atoms with van der Waals surface area (Å²) in [7, 11) is 0. The van der Waals surface area contributed by atoms with Crippen LogP contribution in [0.2, 0.25) is 0 Å². The zero-order chi connectivity index (χ0) is 31.4. The van der Waals surface area contributed by atoms with Crippen molar-refractivity contribution in [2.75, 3.05) is 0 Å². The minimum absolute atomic E-state index is 0.756. The number of para-hydroxylation sites is 1. The van der Waals surface area contributed by atoms with Crippen LogP contribution in [-0.2, 0) is 6.42 Å². The van der Waals surface area contributed by atoms with E-state index in [0.29, 0.717) is 0 Å². The summed E-state index contributed by atoms with van der Waals surface area (Å²) >= 11 is 0. The summed E-state index contributed by atoms with van der Waals surface area (Å²) in [6.07, 6.45) is 6.72. The molecule has 10 rings (SSSR count). The number of benzene rings is 4. The van der Waals surface area contributed by atoms with Gasteiger partial charge in [-0.05, 0) is 96.9 Å². The Hall–Kier alpha value is -6.01. The second-order valence-corrected chi connectivity index (χ2v) is 12.8. The molecule has 47 heavy (non-hydrogen) atoms. The summed E-state index contributed by atoms with van der Waals surface area (Å²) in [5, 5.41) is 5.59. The van der Waals surface area contributed by atoms with Crippen LogP contribution in [0, 0.1) is 20.8 Å². The number of imidazole rings is 1. The Labute approximate surface area is 270 Å². The number of pyridine rings is 3. The van der Waals surface area contributed by atoms with E-state index in [4.69, 9.17) is 19.7 Å². The third-order valence-electron chi connectivity index (χ3n) is 9.72. The van der Waals surface area contributed by atoms with Crippen LogP contribution in [-0.4, -0.2) is 23.9 Å². The summed E-state index contributed by atoms with van der Waals surface area (Å²) in [4.78, 5) is 14.8. The SMILES string of the molecule is Cc1cc(C)c(-c2cn3c4ncccc4c4ccc(Oc5ccc6c(c5)-n5c7ncccc7c7cccc(c75)C6)cc4c3n2)c(C)c1. The van der Waals surface area contributed by atoms with Gasteiger partial charge in [0.25, 0.3) is 0 Å². The number of nitrogens with zero attached hydrogens (tertiary/aromatic N) is 5. The Balaban J connectivity index is 1.13. The van der Waals surface area contributed by atoms with Crippen molar-refractivity contribution in [3.63, 3.8) is 0 Å². The van der Waals surface area contributed by atoms with E-state index in [1.165, 1.54) is 49.7 Å². The molecule has 0 spiro atoms. The molecule has 0 fully saturated rings. The maximum atomic E-state index is 6.64. The lowest BCUT2D eigenvalue weighted by molar-refractivity contribution is 0.483. The number of hydrogen-bond acceptors (Lipinski definition) is 4. The van der Waals surface area contributed by atoms with Gasteiger partial charge in [0.15, 0.2) is 0 Å². The van der Waals surface area contributed by atoms with Crippen LogP contribution >= 0.6 is 0 Å². The molecular weight excluding hydrogens is 578 g/mol. The van der Waals surface area contributed by atoms with Crippen molar-refractivity contribution in [2.45, 2.75) is 27.2 Å². The van der Waals surface area contributed by atoms with E-state index in [0.717, 1.165) is 62.4 Å². The highest BCUT2D eigenvalue weighted by molar-refractivity contribution is 6.12. The minimum atomic E-state index is 0.756. The van der Waals surface area contributed by atoms with Crippen LogP contribution in [0.4, 0.5) is 0 Å². The predicted octanol–water partition coefficient (Wildman–Crippen LogP) is 9.82. The Kier molecular flexibility index (Phi) is 5.30. The topological polar surface area (TPSA) is 57.2 Å². The third kappa shape index (κ3) is 3.75. The monoisotopic (exact) mass is 607 g/mol. The lowest BCUT2D eigenvalue weighted by Crippen LogP contribution is -2.08. The summed E-state index contributed by atoms with van der Waals surface area (Å²) in [6.45, 7) is 6.46. The molecule has 6 heterocycles. The lowest BCUT2D eigenvalue weighted by Gasteiger charge is -2.21. The first-order valence-corrected chi connectivity index (χ1v) is 16.0. The van der Waals surface area contributed by atoms with Crippen molar-refractivity contribution in [2.24, 2.45) is 0 Å². The molecule has 224 valence electrons. The number of hydrogen-bond donors (Lipinski definition) is 0. The number of aryl methyl sites for hydroxylation is 3. The van der Waals surface area contributed by atoms with Crippen LogP contribution in [0.3, 0.4) is 0 Å². The summed E-state index contributed by atoms with van der Waals surface area (Å²) in [5.41, 5.74) is 13.4. The van der Waals surface area contributed by atoms with Crippen LogP contribution in [0.25, 0.3) is 66.3 Å². The molecule has 9 aromatic rings. The van der Waals surface area contributed by atoms with E-state index in [2.05, 4.69) is 109 Å². The molecule has 6 nitrogen and oxygen atoms in total. The van der Waals surface area contributed by atoms with E-state index in [1.807, 2.05) is 30.6 Å². The van der Waals surface area contributed by atoms with E-state index in [9.17, 15) is 0 Å². The number of fused-ring (bicyclic) bond motifs is 11. The van der Waals surface area contributed by atoms with Gasteiger partial charge in [0.1, 0.15) is 28.4 Å². The fourth-order valence-corrected chi connectivity index (χ4v) is 7.89. The van der Waals surface area contributed by atoms with E-state index in [1.54, 1.807) is 0 Å². The lowest BCUT2D eigenvalue weighted by atomic mass is 9.97. The Morgan fingerprint density at radius 2 is 1.34 bits per heavy atom. The van der Waals surface area contributed by atoms with Crippen molar-refractivity contribution in [1.82, 2.24) is 23.9 Å². The molecule has 0 bridgehead atoms. The summed E-state index contributed by atoms with van der Waals surface area (Å²) in [6, 6.07) is 32.0. The van der Waals surface area contributed by atoms with Gasteiger partial charge in [-0.25, -0.2) is 15.0 Å². The van der Waals surface area contributed by atoms with Gasteiger partial charge in [0, 0.05) is 58.2 Å². The maximum Gasteiger partial charge on any atom is 0.147 e. The first kappa shape index (κ1) is 26.2. The average Bonchev–Trinajstić information content (AvgIpc) is 3.66. The highest BCUT2D eigenvalue weighted by atomic mass is 16.5. The molecule has 5 aromatic heterocycles. The zero-order valence-corrected chi connectivity index (χ0v) is 26.2. The smallest absolute Gasteiger partial charge is 0.147 e. The third-order valence-corrected chi connectivity index (χ3v) is 9.72. The molecule has 0 N–H and O–H groups in total. The first-order chi connectivity index (χ1) is 23.0. The Bertz CT molecular complexity index is 2760. The van der Waals surface area contributed by atoms with Gasteiger partial charge in [-0.1, -0.05) is 42.0 Å². The molecule has 0 atom stereocenters. The second-order valence-electron chi connectivity index (χ2n) is 12.8. The number of ether oxygens (including phenoxy) is 1. The van der Waals surface area contributed by atoms with Crippen molar-refractivity contribution >= 4 is 49.4 Å². The first-order valence-electron chi connectivity index (χ1n) is 16.0. The fourth-order valence-electron chi connectivity index (χ4n) is 7.89. The summed E-state index contributed by atoms with van der Waals surface area (Å²) < 4.78 is 11.1. The van der Waals surface area contributed by atoms with Crippen molar-refractivity contribution in [1.29, 1.82) is 0 Å². The van der Waals surface area contributed by atoms with E-state index >= 15 is 0 Å². The standard InChI is InChI=1S/C41H29N5O/c1-23-17-24(2)37(25(3)18-23)35-22-45-39-32(9-5-15-42-39)30-14-13-28(20-34(30)41(45)44-35)47-29-12-11-26-19-27-7-4-8-31-33-10-6-16-43-40(33)46(38(27)31)36(26)21-29/h4-18,20-22H,19H2,1-3H3. The molecule has 0 radical (unpaired) electrons. The van der Waals surface area contributed by atoms with Crippen molar-refractivity contribution in [3.8, 4) is 28.4 Å². The highest BCUT2D eigenvalue weighted by Gasteiger charge is 2.23. The van der Waals surface area contributed by atoms with Crippen LogP contribution in [0.5, 0.6) is 11.5 Å². The number of rotatable bonds is 3. The quantitative estimate of drug-likeness (QED) is 0.188. The molecule has 0 amide bonds. The molecule has 0 aliphatic carbocycles. The van der Waals surface area contributed by atoms with Gasteiger partial charge in [-0.3, -0.25) is 8.97 Å². The molecule has 4 aromatic carbocycles. The molecule has 0 saturated carbocycles.